The number of ether oxygens (including phenoxy) is 1. The highest BCUT2D eigenvalue weighted by Crippen LogP contribution is 2.38. The second-order valence-electron chi connectivity index (χ2n) is 7.70. The predicted octanol–water partition coefficient (Wildman–Crippen LogP) is 1.55. The van der Waals surface area contributed by atoms with Gasteiger partial charge in [0.15, 0.2) is 5.49 Å². The molecule has 10 nitrogen and oxygen atoms in total. The fraction of sp³-hybridized carbons (Fsp3) is 0.522. The Bertz CT molecular complexity index is 1010. The topological polar surface area (TPSA) is 118 Å². The Morgan fingerprint density at radius 1 is 1.38 bits per heavy atom. The number of amides is 2. The molecule has 0 saturated carbocycles. The van der Waals surface area contributed by atoms with Crippen molar-refractivity contribution in [3.8, 4) is 0 Å². The Hall–Kier alpha value is -3.05. The second-order valence-corrected chi connectivity index (χ2v) is 8.80. The van der Waals surface area contributed by atoms with Crippen molar-refractivity contribution in [3.05, 3.63) is 46.0 Å². The molecule has 11 heteroatoms. The number of aryl methyl sites for hydroxylation is 1. The highest BCUT2D eigenvalue weighted by atomic mass is 32.1. The number of rotatable bonds is 5. The number of carbonyl (C=O) groups is 3. The zero-order valence-electron chi connectivity index (χ0n) is 20.4. The largest absolute Gasteiger partial charge is 0.366 e. The summed E-state index contributed by atoms with van der Waals surface area (Å²) in [7, 11) is 1.61. The molecular weight excluding hydrogens is 456 g/mol. The summed E-state index contributed by atoms with van der Waals surface area (Å²) in [5.41, 5.74) is 2.93. The van der Waals surface area contributed by atoms with E-state index >= 15 is 0 Å². The minimum atomic E-state index is -0.325. The van der Waals surface area contributed by atoms with Crippen LogP contribution in [0, 0.1) is 6.92 Å². The number of thiazole rings is 1. The van der Waals surface area contributed by atoms with Gasteiger partial charge in [0.25, 0.3) is 5.91 Å². The average Bonchev–Trinajstić information content (AvgIpc) is 3.48. The quantitative estimate of drug-likeness (QED) is 0.485. The molecule has 2 saturated heterocycles. The number of likely N-dealkylation sites (tertiary alicyclic amines) is 1. The number of nitrogens with zero attached hydrogens (tertiary/aromatic N) is 4. The van der Waals surface area contributed by atoms with E-state index in [1.807, 2.05) is 26.2 Å². The molecule has 2 aromatic rings. The first-order valence-corrected chi connectivity index (χ1v) is 12.2. The van der Waals surface area contributed by atoms with E-state index in [1.54, 1.807) is 47.8 Å². The lowest BCUT2D eigenvalue weighted by Crippen LogP contribution is -2.64. The third-order valence-electron chi connectivity index (χ3n) is 5.28. The van der Waals surface area contributed by atoms with Crippen LogP contribution < -0.4 is 16.2 Å². The molecule has 0 aromatic carbocycles. The summed E-state index contributed by atoms with van der Waals surface area (Å²) in [6.45, 7) is 8.96. The van der Waals surface area contributed by atoms with Crippen LogP contribution in [0.5, 0.6) is 0 Å². The summed E-state index contributed by atoms with van der Waals surface area (Å²) in [4.78, 5) is 40.7. The molecule has 2 aliphatic heterocycles. The van der Waals surface area contributed by atoms with Crippen molar-refractivity contribution >= 4 is 29.6 Å². The third-order valence-corrected chi connectivity index (χ3v) is 5.98. The maximum absolute atomic E-state index is 12.8. The molecule has 186 valence electrons. The third kappa shape index (κ3) is 6.97. The highest BCUT2D eigenvalue weighted by Gasteiger charge is 2.51. The molecular formula is C23H34N6O4S. The van der Waals surface area contributed by atoms with Crippen LogP contribution in [0.2, 0.25) is 0 Å². The fourth-order valence-electron chi connectivity index (χ4n) is 3.78. The van der Waals surface area contributed by atoms with Crippen LogP contribution in [0.3, 0.4) is 0 Å². The van der Waals surface area contributed by atoms with Gasteiger partial charge in [-0.05, 0) is 31.9 Å². The molecule has 0 radical (unpaired) electrons. The van der Waals surface area contributed by atoms with Crippen molar-refractivity contribution in [3.63, 3.8) is 0 Å². The van der Waals surface area contributed by atoms with Crippen molar-refractivity contribution < 1.29 is 19.1 Å². The molecule has 0 bridgehead atoms. The minimum absolute atomic E-state index is 0.0139. The van der Waals surface area contributed by atoms with Gasteiger partial charge in [0.1, 0.15) is 5.60 Å². The Morgan fingerprint density at radius 3 is 2.65 bits per heavy atom. The van der Waals surface area contributed by atoms with Crippen molar-refractivity contribution in [2.75, 3.05) is 26.7 Å². The van der Waals surface area contributed by atoms with Crippen molar-refractivity contribution in [2.24, 2.45) is 5.10 Å². The summed E-state index contributed by atoms with van der Waals surface area (Å²) < 4.78 is 7.33. The fourth-order valence-corrected chi connectivity index (χ4v) is 4.22. The van der Waals surface area contributed by atoms with Gasteiger partial charge in [0.05, 0.1) is 29.8 Å². The first kappa shape index (κ1) is 27.2. The molecule has 1 atom stereocenters. The Morgan fingerprint density at radius 2 is 2.12 bits per heavy atom. The molecule has 4 rings (SSSR count). The standard InChI is InChI=1S/C17H23N5O4.C4H5NS.C2H6/c1-12(24)19-8-13-5-6-17(26-13)9-22(10-17)16(25)14-4-3-7-21(11-23)15(14)20-18-2;1-4-5-2-3-6-4;1-2/h3-4,7,11,13,18H,5-6,8-10H2,1-2H3,(H,19,24);2-3H,1H3;1-2H3/b20-15-;;. The van der Waals surface area contributed by atoms with E-state index < -0.39 is 0 Å². The number of aromatic nitrogens is 2. The van der Waals surface area contributed by atoms with Crippen LogP contribution in [0.1, 0.15) is 49.0 Å². The van der Waals surface area contributed by atoms with E-state index in [0.29, 0.717) is 31.6 Å². The van der Waals surface area contributed by atoms with E-state index in [0.717, 1.165) is 17.8 Å². The van der Waals surface area contributed by atoms with E-state index in [4.69, 9.17) is 4.74 Å². The minimum Gasteiger partial charge on any atom is -0.366 e. The molecule has 34 heavy (non-hydrogen) atoms. The second kappa shape index (κ2) is 13.0. The zero-order valence-corrected chi connectivity index (χ0v) is 21.2. The lowest BCUT2D eigenvalue weighted by atomic mass is 9.90. The SMILES string of the molecule is CC.CN/N=c1/c(C(=O)N2CC3(CCC(CNC(C)=O)O3)C2)cccn1C=O.Cc1nccs1. The summed E-state index contributed by atoms with van der Waals surface area (Å²) >= 11 is 1.67. The lowest BCUT2D eigenvalue weighted by molar-refractivity contribution is -0.127. The van der Waals surface area contributed by atoms with Crippen LogP contribution in [0.4, 0.5) is 0 Å². The van der Waals surface area contributed by atoms with Crippen molar-refractivity contribution in [1.29, 1.82) is 0 Å². The number of hydrogen-bond donors (Lipinski definition) is 2. The van der Waals surface area contributed by atoms with Gasteiger partial charge in [-0.1, -0.05) is 13.8 Å². The van der Waals surface area contributed by atoms with Crippen LogP contribution in [-0.4, -0.2) is 71.1 Å². The zero-order chi connectivity index (χ0) is 25.1. The number of pyridine rings is 1. The van der Waals surface area contributed by atoms with Gasteiger partial charge in [0, 0.05) is 38.3 Å². The van der Waals surface area contributed by atoms with Crippen LogP contribution >= 0.6 is 11.3 Å². The average molecular weight is 491 g/mol. The first-order chi connectivity index (χ1) is 16.4. The molecule has 2 aliphatic rings. The van der Waals surface area contributed by atoms with E-state index in [2.05, 4.69) is 20.8 Å². The molecule has 1 spiro atoms. The van der Waals surface area contributed by atoms with E-state index in [-0.39, 0.29) is 29.0 Å². The number of carbonyl (C=O) groups excluding carboxylic acids is 3. The number of nitrogens with one attached hydrogen (secondary N) is 2. The van der Waals surface area contributed by atoms with Gasteiger partial charge < -0.3 is 20.4 Å². The summed E-state index contributed by atoms with van der Waals surface area (Å²) in [5.74, 6) is -0.261. The van der Waals surface area contributed by atoms with Gasteiger partial charge in [0.2, 0.25) is 12.3 Å². The molecule has 2 N–H and O–H groups in total. The van der Waals surface area contributed by atoms with Crippen LogP contribution in [0.15, 0.2) is 35.0 Å². The Kier molecular flexibility index (Phi) is 10.4. The summed E-state index contributed by atoms with van der Waals surface area (Å²) in [6.07, 6.45) is 5.67. The summed E-state index contributed by atoms with van der Waals surface area (Å²) in [5, 5.41) is 9.91. The van der Waals surface area contributed by atoms with E-state index in [9.17, 15) is 14.4 Å². The number of hydrogen-bond acceptors (Lipinski definition) is 8. The van der Waals surface area contributed by atoms with E-state index in [1.165, 1.54) is 11.5 Å². The molecule has 2 amide bonds. The maximum Gasteiger partial charge on any atom is 0.257 e. The lowest BCUT2D eigenvalue weighted by Gasteiger charge is -2.47. The summed E-state index contributed by atoms with van der Waals surface area (Å²) in [6, 6.07) is 3.29. The van der Waals surface area contributed by atoms with Gasteiger partial charge in [-0.25, -0.2) is 0 Å². The van der Waals surface area contributed by atoms with Crippen LogP contribution in [0.25, 0.3) is 0 Å². The molecule has 4 heterocycles. The van der Waals surface area contributed by atoms with Crippen LogP contribution in [-0.2, 0) is 14.3 Å². The van der Waals surface area contributed by atoms with Crippen molar-refractivity contribution in [1.82, 2.24) is 25.2 Å². The van der Waals surface area contributed by atoms with Gasteiger partial charge in [-0.2, -0.15) is 5.10 Å². The van der Waals surface area contributed by atoms with Crippen molar-refractivity contribution in [2.45, 2.75) is 52.2 Å². The Labute approximate surface area is 204 Å². The normalized spacial score (nSPS) is 18.1. The van der Waals surface area contributed by atoms with Gasteiger partial charge in [-0.15, -0.1) is 11.3 Å². The highest BCUT2D eigenvalue weighted by molar-refractivity contribution is 7.09. The molecule has 2 fully saturated rings. The molecule has 0 aliphatic carbocycles. The predicted molar refractivity (Wildman–Crippen MR) is 131 cm³/mol. The molecule has 2 aromatic heterocycles. The molecule has 1 unspecified atom stereocenters. The smallest absolute Gasteiger partial charge is 0.257 e. The van der Waals surface area contributed by atoms with Gasteiger partial charge >= 0.3 is 0 Å². The Balaban J connectivity index is 0.000000437. The first-order valence-electron chi connectivity index (χ1n) is 11.3. The van der Waals surface area contributed by atoms with Gasteiger partial charge in [-0.3, -0.25) is 23.9 Å². The maximum atomic E-state index is 12.8. The monoisotopic (exact) mass is 490 g/mol.